The Morgan fingerprint density at radius 1 is 1.35 bits per heavy atom. The summed E-state index contributed by atoms with van der Waals surface area (Å²) in [5.74, 6) is 0.550. The van der Waals surface area contributed by atoms with Crippen LogP contribution in [0.3, 0.4) is 0 Å². The van der Waals surface area contributed by atoms with Crippen LogP contribution in [0.25, 0.3) is 0 Å². The van der Waals surface area contributed by atoms with E-state index in [4.69, 9.17) is 5.73 Å². The van der Waals surface area contributed by atoms with E-state index in [-0.39, 0.29) is 6.04 Å². The van der Waals surface area contributed by atoms with Crippen LogP contribution in [-0.4, -0.2) is 9.78 Å². The Balaban J connectivity index is 2.13. The minimum absolute atomic E-state index is 0.116. The lowest BCUT2D eigenvalue weighted by molar-refractivity contribution is 0.457. The third-order valence-corrected chi connectivity index (χ3v) is 4.98. The second-order valence-electron chi connectivity index (χ2n) is 6.48. The van der Waals surface area contributed by atoms with Crippen LogP contribution in [0.4, 0.5) is 0 Å². The van der Waals surface area contributed by atoms with Gasteiger partial charge in [0.2, 0.25) is 0 Å². The van der Waals surface area contributed by atoms with Crippen molar-refractivity contribution in [2.24, 2.45) is 22.5 Å². The molecule has 0 radical (unpaired) electrons. The molecule has 3 nitrogen and oxygen atoms in total. The second-order valence-corrected chi connectivity index (χ2v) is 6.48. The molecule has 0 aromatic carbocycles. The van der Waals surface area contributed by atoms with Crippen LogP contribution in [0.5, 0.6) is 0 Å². The number of nitrogens with zero attached hydrogens (tertiary/aromatic N) is 2. The van der Waals surface area contributed by atoms with Crippen LogP contribution in [0.1, 0.15) is 52.6 Å². The molecule has 3 heteroatoms. The van der Waals surface area contributed by atoms with Crippen molar-refractivity contribution in [1.29, 1.82) is 0 Å². The molecule has 96 valence electrons. The summed E-state index contributed by atoms with van der Waals surface area (Å²) in [7, 11) is 0. The zero-order valence-corrected chi connectivity index (χ0v) is 11.7. The van der Waals surface area contributed by atoms with Crippen molar-refractivity contribution in [2.75, 3.05) is 0 Å². The van der Waals surface area contributed by atoms with Gasteiger partial charge in [0.25, 0.3) is 0 Å². The Morgan fingerprint density at radius 2 is 1.94 bits per heavy atom. The Hall–Kier alpha value is -0.830. The van der Waals surface area contributed by atoms with E-state index in [2.05, 4.69) is 45.9 Å². The van der Waals surface area contributed by atoms with Crippen molar-refractivity contribution in [3.05, 3.63) is 18.0 Å². The SMILES string of the molecule is CCCn1cc(C(N)C2C(C)(C)C2(C)C)cn1. The molecule has 17 heavy (non-hydrogen) atoms. The number of nitrogens with two attached hydrogens (primary N) is 1. The summed E-state index contributed by atoms with van der Waals surface area (Å²) in [5, 5.41) is 4.37. The van der Waals surface area contributed by atoms with Gasteiger partial charge in [0.05, 0.1) is 6.20 Å². The normalized spacial score (nSPS) is 23.6. The fourth-order valence-electron chi connectivity index (χ4n) is 3.24. The van der Waals surface area contributed by atoms with E-state index in [1.165, 1.54) is 5.56 Å². The highest BCUT2D eigenvalue weighted by atomic mass is 15.3. The number of hydrogen-bond acceptors (Lipinski definition) is 2. The summed E-state index contributed by atoms with van der Waals surface area (Å²) >= 11 is 0. The van der Waals surface area contributed by atoms with Gasteiger partial charge >= 0.3 is 0 Å². The van der Waals surface area contributed by atoms with Gasteiger partial charge in [-0.1, -0.05) is 34.6 Å². The van der Waals surface area contributed by atoms with Gasteiger partial charge in [-0.05, 0) is 23.2 Å². The first-order valence-electron chi connectivity index (χ1n) is 6.60. The van der Waals surface area contributed by atoms with Crippen molar-refractivity contribution in [2.45, 2.75) is 53.6 Å². The molecule has 1 atom stereocenters. The first-order chi connectivity index (χ1) is 7.82. The quantitative estimate of drug-likeness (QED) is 0.872. The topological polar surface area (TPSA) is 43.8 Å². The molecule has 0 amide bonds. The molecule has 0 saturated heterocycles. The van der Waals surface area contributed by atoms with Crippen LogP contribution < -0.4 is 5.73 Å². The fraction of sp³-hybridized carbons (Fsp3) is 0.786. The van der Waals surface area contributed by atoms with Crippen molar-refractivity contribution in [1.82, 2.24) is 9.78 Å². The Morgan fingerprint density at radius 3 is 2.41 bits per heavy atom. The Kier molecular flexibility index (Phi) is 2.85. The van der Waals surface area contributed by atoms with Crippen LogP contribution >= 0.6 is 0 Å². The molecule has 0 aliphatic heterocycles. The molecule has 1 aromatic rings. The van der Waals surface area contributed by atoms with Crippen molar-refractivity contribution in [3.8, 4) is 0 Å². The van der Waals surface area contributed by atoms with Gasteiger partial charge in [0.1, 0.15) is 0 Å². The minimum atomic E-state index is 0.116. The third kappa shape index (κ3) is 1.81. The van der Waals surface area contributed by atoms with Gasteiger partial charge in [-0.25, -0.2) is 0 Å². The van der Waals surface area contributed by atoms with E-state index >= 15 is 0 Å². The van der Waals surface area contributed by atoms with Crippen molar-refractivity contribution < 1.29 is 0 Å². The second kappa shape index (κ2) is 3.84. The van der Waals surface area contributed by atoms with Gasteiger partial charge in [-0.2, -0.15) is 5.10 Å². The van der Waals surface area contributed by atoms with E-state index in [1.807, 2.05) is 10.9 Å². The maximum Gasteiger partial charge on any atom is 0.0537 e. The van der Waals surface area contributed by atoms with Gasteiger partial charge < -0.3 is 5.73 Å². The van der Waals surface area contributed by atoms with Crippen molar-refractivity contribution >= 4 is 0 Å². The van der Waals surface area contributed by atoms with Crippen LogP contribution in [0, 0.1) is 16.7 Å². The van der Waals surface area contributed by atoms with Gasteiger partial charge in [-0.15, -0.1) is 0 Å². The highest BCUT2D eigenvalue weighted by molar-refractivity contribution is 5.23. The zero-order valence-electron chi connectivity index (χ0n) is 11.7. The number of aryl methyl sites for hydroxylation is 1. The molecule has 0 spiro atoms. The van der Waals surface area contributed by atoms with E-state index in [0.717, 1.165) is 13.0 Å². The molecule has 2 N–H and O–H groups in total. The molecule has 1 saturated carbocycles. The van der Waals surface area contributed by atoms with E-state index in [9.17, 15) is 0 Å². The molecule has 1 aromatic heterocycles. The summed E-state index contributed by atoms with van der Waals surface area (Å²) in [6.45, 7) is 12.4. The van der Waals surface area contributed by atoms with Crippen LogP contribution in [0.2, 0.25) is 0 Å². The highest BCUT2D eigenvalue weighted by Crippen LogP contribution is 2.71. The van der Waals surface area contributed by atoms with Crippen LogP contribution in [0.15, 0.2) is 12.4 Å². The van der Waals surface area contributed by atoms with Gasteiger partial charge in [0.15, 0.2) is 0 Å². The molecule has 1 fully saturated rings. The lowest BCUT2D eigenvalue weighted by Crippen LogP contribution is -2.16. The molecular weight excluding hydrogens is 210 g/mol. The van der Waals surface area contributed by atoms with E-state index in [1.54, 1.807) is 0 Å². The monoisotopic (exact) mass is 235 g/mol. The standard InChI is InChI=1S/C14H25N3/c1-6-7-17-9-10(8-16-17)11(15)12-13(2,3)14(12,4)5/h8-9,11-12H,6-7,15H2,1-5H3. The molecule has 1 unspecified atom stereocenters. The Bertz CT molecular complexity index is 389. The predicted molar refractivity (Wildman–Crippen MR) is 70.5 cm³/mol. The lowest BCUT2D eigenvalue weighted by atomic mass is 10.0. The summed E-state index contributed by atoms with van der Waals surface area (Å²) in [5.41, 5.74) is 8.26. The smallest absolute Gasteiger partial charge is 0.0537 e. The van der Waals surface area contributed by atoms with E-state index in [0.29, 0.717) is 16.7 Å². The van der Waals surface area contributed by atoms with Gasteiger partial charge in [0, 0.05) is 24.3 Å². The number of hydrogen-bond donors (Lipinski definition) is 1. The molecule has 1 heterocycles. The largest absolute Gasteiger partial charge is 0.324 e. The minimum Gasteiger partial charge on any atom is -0.324 e. The highest BCUT2D eigenvalue weighted by Gasteiger charge is 2.66. The molecule has 1 aliphatic carbocycles. The summed E-state index contributed by atoms with van der Waals surface area (Å²) in [6, 6.07) is 0.116. The molecule has 0 bridgehead atoms. The summed E-state index contributed by atoms with van der Waals surface area (Å²) in [4.78, 5) is 0. The summed E-state index contributed by atoms with van der Waals surface area (Å²) in [6.07, 6.45) is 5.15. The molecular formula is C14H25N3. The maximum atomic E-state index is 6.41. The fourth-order valence-corrected chi connectivity index (χ4v) is 3.24. The molecule has 2 rings (SSSR count). The number of aromatic nitrogens is 2. The third-order valence-electron chi connectivity index (χ3n) is 4.98. The maximum absolute atomic E-state index is 6.41. The average molecular weight is 235 g/mol. The first kappa shape index (κ1) is 12.6. The Labute approximate surface area is 104 Å². The summed E-state index contributed by atoms with van der Waals surface area (Å²) < 4.78 is 2.00. The lowest BCUT2D eigenvalue weighted by Gasteiger charge is -2.11. The average Bonchev–Trinajstić information content (AvgIpc) is 2.59. The zero-order chi connectivity index (χ0) is 12.8. The number of rotatable bonds is 4. The predicted octanol–water partition coefficient (Wildman–Crippen LogP) is 2.98. The van der Waals surface area contributed by atoms with Crippen LogP contribution in [-0.2, 0) is 6.54 Å². The van der Waals surface area contributed by atoms with Gasteiger partial charge in [-0.3, -0.25) is 4.68 Å². The molecule has 1 aliphatic rings. The van der Waals surface area contributed by atoms with Crippen molar-refractivity contribution in [3.63, 3.8) is 0 Å². The first-order valence-corrected chi connectivity index (χ1v) is 6.60. The van der Waals surface area contributed by atoms with E-state index < -0.39 is 0 Å².